The Morgan fingerprint density at radius 3 is 2.69 bits per heavy atom. The van der Waals surface area contributed by atoms with Gasteiger partial charge in [0.05, 0.1) is 12.7 Å². The summed E-state index contributed by atoms with van der Waals surface area (Å²) in [5, 5.41) is 1.75. The highest BCUT2D eigenvalue weighted by Gasteiger charge is 2.31. The Labute approximate surface area is 206 Å². The van der Waals surface area contributed by atoms with Gasteiger partial charge in [-0.2, -0.15) is 0 Å². The van der Waals surface area contributed by atoms with Crippen LogP contribution >= 0.6 is 0 Å². The first-order valence-electron chi connectivity index (χ1n) is 11.3. The lowest BCUT2D eigenvalue weighted by Gasteiger charge is -2.09. The van der Waals surface area contributed by atoms with E-state index in [1.54, 1.807) is 37.3 Å². The molecule has 0 amide bonds. The molecule has 6 rings (SSSR count). The molecule has 5 aromatic rings. The highest BCUT2D eigenvalue weighted by molar-refractivity contribution is 6.15. The lowest BCUT2D eigenvalue weighted by Crippen LogP contribution is -2.08. The van der Waals surface area contributed by atoms with Gasteiger partial charge in [-0.1, -0.05) is 30.3 Å². The number of hydrogen-bond acceptors (Lipinski definition) is 6. The van der Waals surface area contributed by atoms with E-state index in [4.69, 9.17) is 18.6 Å². The van der Waals surface area contributed by atoms with Crippen molar-refractivity contribution in [3.05, 3.63) is 95.1 Å². The lowest BCUT2D eigenvalue weighted by atomic mass is 10.1. The molecule has 0 spiro atoms. The third-order valence-corrected chi connectivity index (χ3v) is 6.38. The molecule has 36 heavy (non-hydrogen) atoms. The molecule has 1 aliphatic heterocycles. The summed E-state index contributed by atoms with van der Waals surface area (Å²) >= 11 is 0. The first kappa shape index (κ1) is 21.7. The molecule has 0 saturated heterocycles. The number of ketones is 1. The molecule has 7 nitrogen and oxygen atoms in total. The number of carbonyl (C=O) groups is 2. The van der Waals surface area contributed by atoms with Crippen LogP contribution in [-0.4, -0.2) is 23.4 Å². The summed E-state index contributed by atoms with van der Waals surface area (Å²) < 4.78 is 24.6. The van der Waals surface area contributed by atoms with E-state index < -0.39 is 5.97 Å². The zero-order valence-corrected chi connectivity index (χ0v) is 19.8. The largest absolute Gasteiger partial charge is 0.493 e. The third kappa shape index (κ3) is 3.36. The Balaban J connectivity index is 1.30. The Kier molecular flexibility index (Phi) is 4.93. The number of rotatable bonds is 4. The van der Waals surface area contributed by atoms with Crippen LogP contribution in [0.5, 0.6) is 17.2 Å². The summed E-state index contributed by atoms with van der Waals surface area (Å²) in [5.41, 5.74) is 3.38. The van der Waals surface area contributed by atoms with Crippen LogP contribution in [0.3, 0.4) is 0 Å². The Morgan fingerprint density at radius 2 is 1.86 bits per heavy atom. The predicted molar refractivity (Wildman–Crippen MR) is 135 cm³/mol. The number of furan rings is 1. The maximum Gasteiger partial charge on any atom is 0.379 e. The number of aryl methyl sites for hydroxylation is 1. The van der Waals surface area contributed by atoms with E-state index >= 15 is 0 Å². The molecular weight excluding hydrogens is 458 g/mol. The second-order valence-corrected chi connectivity index (χ2v) is 8.60. The minimum atomic E-state index is -0.660. The summed E-state index contributed by atoms with van der Waals surface area (Å²) in [5.74, 6) is 0.571. The molecule has 0 radical (unpaired) electrons. The van der Waals surface area contributed by atoms with Crippen molar-refractivity contribution in [1.29, 1.82) is 0 Å². The highest BCUT2D eigenvalue weighted by Crippen LogP contribution is 2.40. The number of nitrogens with zero attached hydrogens (tertiary/aromatic N) is 1. The molecule has 3 heterocycles. The number of benzene rings is 3. The third-order valence-electron chi connectivity index (χ3n) is 6.38. The van der Waals surface area contributed by atoms with Crippen LogP contribution in [0.2, 0.25) is 0 Å². The first-order chi connectivity index (χ1) is 17.4. The van der Waals surface area contributed by atoms with Gasteiger partial charge in [0, 0.05) is 40.7 Å². The van der Waals surface area contributed by atoms with Crippen molar-refractivity contribution in [2.24, 2.45) is 7.05 Å². The fourth-order valence-electron chi connectivity index (χ4n) is 4.56. The average molecular weight is 479 g/mol. The Hall–Kier alpha value is -4.78. The van der Waals surface area contributed by atoms with Crippen LogP contribution < -0.4 is 14.2 Å². The van der Waals surface area contributed by atoms with Gasteiger partial charge in [0.1, 0.15) is 11.5 Å². The van der Waals surface area contributed by atoms with Crippen molar-refractivity contribution in [1.82, 2.24) is 4.57 Å². The summed E-state index contributed by atoms with van der Waals surface area (Å²) in [6.07, 6.45) is 3.71. The van der Waals surface area contributed by atoms with E-state index in [2.05, 4.69) is 0 Å². The molecule has 2 aromatic heterocycles. The van der Waals surface area contributed by atoms with Crippen molar-refractivity contribution < 1.29 is 28.2 Å². The van der Waals surface area contributed by atoms with Crippen LogP contribution in [0, 0.1) is 6.92 Å². The zero-order valence-electron chi connectivity index (χ0n) is 19.8. The molecule has 1 aliphatic rings. The molecule has 0 aliphatic carbocycles. The summed E-state index contributed by atoms with van der Waals surface area (Å²) in [6.45, 7) is 1.75. The van der Waals surface area contributed by atoms with Crippen LogP contribution in [0.25, 0.3) is 27.9 Å². The van der Waals surface area contributed by atoms with E-state index in [0.717, 1.165) is 21.9 Å². The summed E-state index contributed by atoms with van der Waals surface area (Å²) in [6, 6.07) is 18.2. The van der Waals surface area contributed by atoms with Crippen LogP contribution in [0.4, 0.5) is 0 Å². The molecule has 0 N–H and O–H groups in total. The highest BCUT2D eigenvalue weighted by atomic mass is 16.6. The monoisotopic (exact) mass is 479 g/mol. The SMILES string of the molecule is COc1cccc2cc(C(=O)Oc3ccc4c(c3C)O/C(=C\c3cn(C)c5ccccc35)C4=O)oc12. The standard InChI is InChI=1S/C29H21NO6/c1-16-22(36-29(32)25-13-17-7-6-10-23(33-3)28(17)35-25)12-11-20-26(31)24(34-27(16)20)14-18-15-30(2)21-9-5-4-8-19(18)21/h4-15H,1-3H3/b24-14-. The average Bonchev–Trinajstić information content (AvgIpc) is 3.56. The van der Waals surface area contributed by atoms with Crippen molar-refractivity contribution in [2.45, 2.75) is 6.92 Å². The van der Waals surface area contributed by atoms with E-state index in [-0.39, 0.29) is 23.1 Å². The fourth-order valence-corrected chi connectivity index (χ4v) is 4.56. The molecule has 0 atom stereocenters. The number of ether oxygens (including phenoxy) is 3. The minimum absolute atomic E-state index is 0.0444. The number of hydrogen-bond donors (Lipinski definition) is 0. The first-order valence-corrected chi connectivity index (χ1v) is 11.3. The molecule has 0 saturated carbocycles. The van der Waals surface area contributed by atoms with Gasteiger partial charge in [0.15, 0.2) is 17.1 Å². The maximum atomic E-state index is 13.1. The van der Waals surface area contributed by atoms with Gasteiger partial charge in [0.2, 0.25) is 11.5 Å². The number of fused-ring (bicyclic) bond motifs is 3. The van der Waals surface area contributed by atoms with Crippen LogP contribution in [0.1, 0.15) is 32.0 Å². The molecule has 3 aromatic carbocycles. The van der Waals surface area contributed by atoms with Gasteiger partial charge >= 0.3 is 5.97 Å². The Morgan fingerprint density at radius 1 is 1.03 bits per heavy atom. The smallest absolute Gasteiger partial charge is 0.379 e. The van der Waals surface area contributed by atoms with E-state index in [0.29, 0.717) is 28.2 Å². The van der Waals surface area contributed by atoms with Crippen LogP contribution in [0.15, 0.2) is 77.0 Å². The van der Waals surface area contributed by atoms with Gasteiger partial charge < -0.3 is 23.2 Å². The zero-order chi connectivity index (χ0) is 25.0. The quantitative estimate of drug-likeness (QED) is 0.177. The second-order valence-electron chi connectivity index (χ2n) is 8.60. The van der Waals surface area contributed by atoms with E-state index in [1.165, 1.54) is 7.11 Å². The second kappa shape index (κ2) is 8.16. The molecule has 0 fully saturated rings. The summed E-state index contributed by atoms with van der Waals surface area (Å²) in [7, 11) is 3.49. The number of allylic oxidation sites excluding steroid dienone is 1. The van der Waals surface area contributed by atoms with Crippen molar-refractivity contribution in [3.8, 4) is 17.2 Å². The van der Waals surface area contributed by atoms with E-state index in [9.17, 15) is 9.59 Å². The predicted octanol–water partition coefficient (Wildman–Crippen LogP) is 6.08. The molecule has 0 bridgehead atoms. The number of aromatic nitrogens is 1. The summed E-state index contributed by atoms with van der Waals surface area (Å²) in [4.78, 5) is 25.9. The number of methoxy groups -OCH3 is 1. The Bertz CT molecular complexity index is 1740. The normalized spacial score (nSPS) is 13.9. The fraction of sp³-hybridized carbons (Fsp3) is 0.103. The van der Waals surface area contributed by atoms with Crippen molar-refractivity contribution >= 4 is 39.7 Å². The molecule has 7 heteroatoms. The number of para-hydroxylation sites is 2. The maximum absolute atomic E-state index is 13.1. The van der Waals surface area contributed by atoms with Gasteiger partial charge in [-0.05, 0) is 43.3 Å². The van der Waals surface area contributed by atoms with Gasteiger partial charge in [-0.15, -0.1) is 0 Å². The van der Waals surface area contributed by atoms with Gasteiger partial charge in [0.25, 0.3) is 0 Å². The minimum Gasteiger partial charge on any atom is -0.493 e. The number of esters is 1. The molecule has 0 unspecified atom stereocenters. The van der Waals surface area contributed by atoms with Gasteiger partial charge in [-0.25, -0.2) is 4.79 Å². The van der Waals surface area contributed by atoms with Crippen molar-refractivity contribution in [2.75, 3.05) is 7.11 Å². The van der Waals surface area contributed by atoms with Crippen LogP contribution in [-0.2, 0) is 7.05 Å². The molecular formula is C29H21NO6. The van der Waals surface area contributed by atoms with E-state index in [1.807, 2.05) is 54.2 Å². The lowest BCUT2D eigenvalue weighted by molar-refractivity contribution is 0.0702. The molecule has 178 valence electrons. The topological polar surface area (TPSA) is 79.9 Å². The number of Topliss-reactive ketones (excluding diaryl/α,β-unsaturated/α-hetero) is 1. The van der Waals surface area contributed by atoms with Crippen molar-refractivity contribution in [3.63, 3.8) is 0 Å². The number of carbonyl (C=O) groups excluding carboxylic acids is 2. The van der Waals surface area contributed by atoms with Gasteiger partial charge in [-0.3, -0.25) is 4.79 Å².